The third-order valence-electron chi connectivity index (χ3n) is 3.85. The molecule has 0 bridgehead atoms. The number of benzene rings is 1. The number of anilines is 2. The molecule has 1 aromatic carbocycles. The van der Waals surface area contributed by atoms with Crippen LogP contribution in [0.15, 0.2) is 18.2 Å². The lowest BCUT2D eigenvalue weighted by Crippen LogP contribution is -2.27. The fourth-order valence-corrected chi connectivity index (χ4v) is 2.88. The smallest absolute Gasteiger partial charge is 0.0597 e. The molecule has 2 nitrogen and oxygen atoms in total. The zero-order chi connectivity index (χ0) is 12.3. The summed E-state index contributed by atoms with van der Waals surface area (Å²) in [6.07, 6.45) is 7.00. The molecule has 17 heavy (non-hydrogen) atoms. The van der Waals surface area contributed by atoms with E-state index in [4.69, 9.17) is 5.73 Å². The molecule has 0 atom stereocenters. The molecule has 1 fully saturated rings. The number of nitrogens with two attached hydrogens (primary N) is 1. The second-order valence-corrected chi connectivity index (χ2v) is 5.45. The molecular weight excluding hydrogens is 208 g/mol. The van der Waals surface area contributed by atoms with Crippen molar-refractivity contribution in [1.29, 1.82) is 0 Å². The first-order valence-electron chi connectivity index (χ1n) is 6.74. The third kappa shape index (κ3) is 3.15. The van der Waals surface area contributed by atoms with Gasteiger partial charge < -0.3 is 10.6 Å². The van der Waals surface area contributed by atoms with Gasteiger partial charge >= 0.3 is 0 Å². The summed E-state index contributed by atoms with van der Waals surface area (Å²) >= 11 is 0. The average molecular weight is 232 g/mol. The highest BCUT2D eigenvalue weighted by Gasteiger charge is 2.16. The Balaban J connectivity index is 2.00. The Kier molecular flexibility index (Phi) is 3.93. The van der Waals surface area contributed by atoms with E-state index in [1.807, 2.05) is 0 Å². The van der Waals surface area contributed by atoms with Crippen molar-refractivity contribution in [3.05, 3.63) is 23.8 Å². The maximum atomic E-state index is 6.09. The van der Waals surface area contributed by atoms with Gasteiger partial charge in [0.2, 0.25) is 0 Å². The fourth-order valence-electron chi connectivity index (χ4n) is 2.88. The van der Waals surface area contributed by atoms with E-state index in [9.17, 15) is 0 Å². The van der Waals surface area contributed by atoms with Crippen molar-refractivity contribution in [3.8, 4) is 0 Å². The number of nitrogen functional groups attached to an aromatic ring is 1. The lowest BCUT2D eigenvalue weighted by atomic mass is 9.89. The van der Waals surface area contributed by atoms with E-state index in [0.717, 1.165) is 18.2 Å². The Morgan fingerprint density at radius 3 is 2.59 bits per heavy atom. The molecule has 0 aromatic heterocycles. The van der Waals surface area contributed by atoms with Crippen molar-refractivity contribution in [1.82, 2.24) is 0 Å². The predicted molar refractivity (Wildman–Crippen MR) is 75.4 cm³/mol. The van der Waals surface area contributed by atoms with Crippen molar-refractivity contribution >= 4 is 11.4 Å². The lowest BCUT2D eigenvalue weighted by molar-refractivity contribution is 0.362. The van der Waals surface area contributed by atoms with Crippen LogP contribution in [0.1, 0.15) is 37.7 Å². The minimum Gasteiger partial charge on any atom is -0.397 e. The van der Waals surface area contributed by atoms with Crippen LogP contribution in [0.5, 0.6) is 0 Å². The Bertz CT molecular complexity index is 367. The standard InChI is InChI=1S/C15H24N2/c1-12-8-9-15(14(16)10-12)17(2)11-13-6-4-3-5-7-13/h8-10,13H,3-7,11,16H2,1-2H3. The van der Waals surface area contributed by atoms with Crippen molar-refractivity contribution in [2.75, 3.05) is 24.2 Å². The Labute approximate surface area is 105 Å². The minimum atomic E-state index is 0.856. The summed E-state index contributed by atoms with van der Waals surface area (Å²) < 4.78 is 0. The Hall–Kier alpha value is -1.18. The van der Waals surface area contributed by atoms with Gasteiger partial charge in [0.15, 0.2) is 0 Å². The van der Waals surface area contributed by atoms with Crippen LogP contribution in [0, 0.1) is 12.8 Å². The van der Waals surface area contributed by atoms with Crippen LogP contribution in [-0.4, -0.2) is 13.6 Å². The quantitative estimate of drug-likeness (QED) is 0.807. The summed E-state index contributed by atoms with van der Waals surface area (Å²) in [6, 6.07) is 6.35. The summed E-state index contributed by atoms with van der Waals surface area (Å²) in [5.41, 5.74) is 9.41. The maximum absolute atomic E-state index is 6.09. The highest BCUT2D eigenvalue weighted by atomic mass is 15.1. The summed E-state index contributed by atoms with van der Waals surface area (Å²) in [5.74, 6) is 0.856. The highest BCUT2D eigenvalue weighted by molar-refractivity contribution is 5.68. The number of aryl methyl sites for hydroxylation is 1. The molecule has 0 unspecified atom stereocenters. The topological polar surface area (TPSA) is 29.3 Å². The largest absolute Gasteiger partial charge is 0.397 e. The molecule has 2 N–H and O–H groups in total. The van der Waals surface area contributed by atoms with Crippen molar-refractivity contribution in [2.24, 2.45) is 5.92 Å². The van der Waals surface area contributed by atoms with Crippen LogP contribution in [0.2, 0.25) is 0 Å². The zero-order valence-corrected chi connectivity index (χ0v) is 11.1. The molecule has 94 valence electrons. The predicted octanol–water partition coefficient (Wildman–Crippen LogP) is 3.59. The van der Waals surface area contributed by atoms with Gasteiger partial charge in [-0.1, -0.05) is 25.3 Å². The second kappa shape index (κ2) is 5.44. The SMILES string of the molecule is Cc1ccc(N(C)CC2CCCCC2)c(N)c1. The van der Waals surface area contributed by atoms with Gasteiger partial charge in [-0.05, 0) is 43.4 Å². The van der Waals surface area contributed by atoms with Crippen LogP contribution in [-0.2, 0) is 0 Å². The van der Waals surface area contributed by atoms with E-state index >= 15 is 0 Å². The molecule has 0 saturated heterocycles. The summed E-state index contributed by atoms with van der Waals surface area (Å²) in [5, 5.41) is 0. The van der Waals surface area contributed by atoms with Crippen molar-refractivity contribution in [2.45, 2.75) is 39.0 Å². The molecule has 1 aliphatic carbocycles. The third-order valence-corrected chi connectivity index (χ3v) is 3.85. The normalized spacial score (nSPS) is 17.1. The van der Waals surface area contributed by atoms with Crippen LogP contribution < -0.4 is 10.6 Å². The van der Waals surface area contributed by atoms with Gasteiger partial charge in [0, 0.05) is 13.6 Å². The van der Waals surface area contributed by atoms with Gasteiger partial charge in [0.1, 0.15) is 0 Å². The van der Waals surface area contributed by atoms with Gasteiger partial charge in [-0.3, -0.25) is 0 Å². The van der Waals surface area contributed by atoms with Crippen LogP contribution in [0.25, 0.3) is 0 Å². The highest BCUT2D eigenvalue weighted by Crippen LogP contribution is 2.28. The van der Waals surface area contributed by atoms with E-state index in [2.05, 4.69) is 37.1 Å². The van der Waals surface area contributed by atoms with Gasteiger partial charge in [-0.2, -0.15) is 0 Å². The van der Waals surface area contributed by atoms with Gasteiger partial charge in [-0.25, -0.2) is 0 Å². The first-order chi connectivity index (χ1) is 8.16. The van der Waals surface area contributed by atoms with Gasteiger partial charge in [-0.15, -0.1) is 0 Å². The van der Waals surface area contributed by atoms with Crippen LogP contribution >= 0.6 is 0 Å². The lowest BCUT2D eigenvalue weighted by Gasteiger charge is -2.29. The van der Waals surface area contributed by atoms with Crippen molar-refractivity contribution in [3.63, 3.8) is 0 Å². The van der Waals surface area contributed by atoms with Crippen molar-refractivity contribution < 1.29 is 0 Å². The van der Waals surface area contributed by atoms with Crippen LogP contribution in [0.3, 0.4) is 0 Å². The van der Waals surface area contributed by atoms with E-state index in [0.29, 0.717) is 0 Å². The number of hydrogen-bond donors (Lipinski definition) is 1. The summed E-state index contributed by atoms with van der Waals surface area (Å²) in [7, 11) is 2.16. The van der Waals surface area contributed by atoms with Gasteiger partial charge in [0.05, 0.1) is 11.4 Å². The Morgan fingerprint density at radius 1 is 1.24 bits per heavy atom. The molecule has 0 heterocycles. The van der Waals surface area contributed by atoms with Gasteiger partial charge in [0.25, 0.3) is 0 Å². The second-order valence-electron chi connectivity index (χ2n) is 5.45. The van der Waals surface area contributed by atoms with E-state index in [1.165, 1.54) is 43.4 Å². The maximum Gasteiger partial charge on any atom is 0.0597 e. The minimum absolute atomic E-state index is 0.856. The summed E-state index contributed by atoms with van der Waals surface area (Å²) in [4.78, 5) is 2.32. The fraction of sp³-hybridized carbons (Fsp3) is 0.600. The monoisotopic (exact) mass is 232 g/mol. The molecule has 2 rings (SSSR count). The summed E-state index contributed by atoms with van der Waals surface area (Å²) in [6.45, 7) is 3.23. The molecule has 0 aliphatic heterocycles. The number of rotatable bonds is 3. The molecule has 1 aromatic rings. The molecule has 0 amide bonds. The Morgan fingerprint density at radius 2 is 1.94 bits per heavy atom. The van der Waals surface area contributed by atoms with E-state index in [-0.39, 0.29) is 0 Å². The number of hydrogen-bond acceptors (Lipinski definition) is 2. The molecule has 0 spiro atoms. The first kappa shape index (κ1) is 12.3. The molecule has 0 radical (unpaired) electrons. The average Bonchev–Trinajstić information content (AvgIpc) is 2.30. The van der Waals surface area contributed by atoms with Crippen LogP contribution in [0.4, 0.5) is 11.4 Å². The van der Waals surface area contributed by atoms with E-state index in [1.54, 1.807) is 0 Å². The molecule has 1 saturated carbocycles. The zero-order valence-electron chi connectivity index (χ0n) is 11.1. The number of nitrogens with zero attached hydrogens (tertiary/aromatic N) is 1. The molecular formula is C15H24N2. The van der Waals surface area contributed by atoms with E-state index < -0.39 is 0 Å². The molecule has 1 aliphatic rings. The first-order valence-corrected chi connectivity index (χ1v) is 6.74. The molecule has 2 heteroatoms.